The van der Waals surface area contributed by atoms with Gasteiger partial charge in [-0.2, -0.15) is 0 Å². The van der Waals surface area contributed by atoms with E-state index in [1.54, 1.807) is 24.3 Å². The zero-order valence-electron chi connectivity index (χ0n) is 14.3. The minimum Gasteiger partial charge on any atom is -0.488 e. The standard InChI is InChI=1S/C19H22FN3O3/c20-14-5-7-15(8-6-14)26-16-3-1-2-12(18(16)24)10-23-19(25)13-4-9-17(21)22-11-13/h4-9,11-12,16,18,24H,1-3,10H2,(H2,21,22)(H,23,25)/t12-,16-,18-/m1/s1. The number of rotatable bonds is 5. The SMILES string of the molecule is Nc1ccc(C(=O)NC[C@H]2CCC[C@@H](Oc3ccc(F)cc3)[C@@H]2O)cn1. The first-order valence-electron chi connectivity index (χ1n) is 8.63. The minimum atomic E-state index is -0.710. The highest BCUT2D eigenvalue weighted by molar-refractivity contribution is 5.94. The number of aromatic nitrogens is 1. The molecule has 7 heteroatoms. The number of amides is 1. The fraction of sp³-hybridized carbons (Fsp3) is 0.368. The van der Waals surface area contributed by atoms with Crippen molar-refractivity contribution in [1.82, 2.24) is 10.3 Å². The number of nitrogens with one attached hydrogen (secondary N) is 1. The van der Waals surface area contributed by atoms with Crippen molar-refractivity contribution in [2.45, 2.75) is 31.5 Å². The molecule has 138 valence electrons. The number of benzene rings is 1. The smallest absolute Gasteiger partial charge is 0.252 e. The van der Waals surface area contributed by atoms with E-state index in [0.29, 0.717) is 30.1 Å². The highest BCUT2D eigenvalue weighted by atomic mass is 19.1. The van der Waals surface area contributed by atoms with Gasteiger partial charge >= 0.3 is 0 Å². The van der Waals surface area contributed by atoms with Gasteiger partial charge in [0.05, 0.1) is 11.7 Å². The number of ether oxygens (including phenoxy) is 1. The first-order chi connectivity index (χ1) is 12.5. The van der Waals surface area contributed by atoms with E-state index in [1.807, 2.05) is 0 Å². The molecule has 0 saturated heterocycles. The summed E-state index contributed by atoms with van der Waals surface area (Å²) >= 11 is 0. The number of carbonyl (C=O) groups is 1. The summed E-state index contributed by atoms with van der Waals surface area (Å²) in [6.07, 6.45) is 2.72. The van der Waals surface area contributed by atoms with Gasteiger partial charge in [-0.15, -0.1) is 0 Å². The number of pyridine rings is 1. The summed E-state index contributed by atoms with van der Waals surface area (Å²) in [5.74, 6) is 0.170. The number of nitrogens with zero attached hydrogens (tertiary/aromatic N) is 1. The van der Waals surface area contributed by atoms with Crippen LogP contribution in [0.25, 0.3) is 0 Å². The molecule has 0 spiro atoms. The van der Waals surface area contributed by atoms with Crippen molar-refractivity contribution in [2.75, 3.05) is 12.3 Å². The molecule has 0 aliphatic heterocycles. The summed E-state index contributed by atoms with van der Waals surface area (Å²) in [6.45, 7) is 0.341. The van der Waals surface area contributed by atoms with E-state index >= 15 is 0 Å². The second-order valence-electron chi connectivity index (χ2n) is 6.47. The van der Waals surface area contributed by atoms with Crippen LogP contribution in [0.2, 0.25) is 0 Å². The van der Waals surface area contributed by atoms with Crippen LogP contribution in [0.5, 0.6) is 5.75 Å². The summed E-state index contributed by atoms with van der Waals surface area (Å²) in [7, 11) is 0. The second kappa shape index (κ2) is 8.14. The lowest BCUT2D eigenvalue weighted by Crippen LogP contribution is -2.45. The summed E-state index contributed by atoms with van der Waals surface area (Å²) < 4.78 is 18.8. The maximum absolute atomic E-state index is 13.0. The zero-order chi connectivity index (χ0) is 18.5. The predicted octanol–water partition coefficient (Wildman–Crippen LogP) is 2.14. The molecular formula is C19H22FN3O3. The summed E-state index contributed by atoms with van der Waals surface area (Å²) in [5.41, 5.74) is 5.93. The molecule has 3 rings (SSSR count). The number of halogens is 1. The summed E-state index contributed by atoms with van der Waals surface area (Å²) in [4.78, 5) is 16.1. The molecule has 1 aliphatic carbocycles. The maximum atomic E-state index is 13.0. The van der Waals surface area contributed by atoms with Crippen LogP contribution in [0, 0.1) is 11.7 Å². The number of anilines is 1. The second-order valence-corrected chi connectivity index (χ2v) is 6.47. The van der Waals surface area contributed by atoms with Crippen molar-refractivity contribution < 1.29 is 19.0 Å². The summed E-state index contributed by atoms with van der Waals surface area (Å²) in [5, 5.41) is 13.4. The molecule has 1 aromatic carbocycles. The molecule has 0 radical (unpaired) electrons. The van der Waals surface area contributed by atoms with E-state index in [1.165, 1.54) is 18.3 Å². The van der Waals surface area contributed by atoms with Gasteiger partial charge in [0.2, 0.25) is 0 Å². The molecule has 1 aromatic heterocycles. The molecular weight excluding hydrogens is 337 g/mol. The van der Waals surface area contributed by atoms with Crippen molar-refractivity contribution in [3.63, 3.8) is 0 Å². The average Bonchev–Trinajstić information content (AvgIpc) is 2.64. The van der Waals surface area contributed by atoms with Gasteiger partial charge in [0, 0.05) is 18.7 Å². The van der Waals surface area contributed by atoms with Gasteiger partial charge in [-0.1, -0.05) is 0 Å². The lowest BCUT2D eigenvalue weighted by atomic mass is 9.84. The molecule has 1 heterocycles. The highest BCUT2D eigenvalue weighted by Gasteiger charge is 2.33. The van der Waals surface area contributed by atoms with E-state index in [4.69, 9.17) is 10.5 Å². The molecule has 2 aromatic rings. The van der Waals surface area contributed by atoms with Gasteiger partial charge in [0.25, 0.3) is 5.91 Å². The fourth-order valence-electron chi connectivity index (χ4n) is 3.13. The summed E-state index contributed by atoms with van der Waals surface area (Å²) in [6, 6.07) is 8.90. The lowest BCUT2D eigenvalue weighted by Gasteiger charge is -2.35. The van der Waals surface area contributed by atoms with E-state index in [9.17, 15) is 14.3 Å². The first kappa shape index (κ1) is 18.1. The Morgan fingerprint density at radius 2 is 2.04 bits per heavy atom. The normalized spacial score (nSPS) is 22.6. The Kier molecular flexibility index (Phi) is 5.68. The van der Waals surface area contributed by atoms with Crippen molar-refractivity contribution >= 4 is 11.7 Å². The van der Waals surface area contributed by atoms with Crippen LogP contribution in [0.15, 0.2) is 42.6 Å². The van der Waals surface area contributed by atoms with Crippen LogP contribution in [0.4, 0.5) is 10.2 Å². The topological polar surface area (TPSA) is 97.5 Å². The van der Waals surface area contributed by atoms with Crippen LogP contribution in [-0.4, -0.2) is 34.8 Å². The lowest BCUT2D eigenvalue weighted by molar-refractivity contribution is -0.0301. The number of nitrogen functional groups attached to an aromatic ring is 1. The van der Waals surface area contributed by atoms with E-state index in [0.717, 1.165) is 12.8 Å². The van der Waals surface area contributed by atoms with Crippen LogP contribution in [0.1, 0.15) is 29.6 Å². The third kappa shape index (κ3) is 4.49. The quantitative estimate of drug-likeness (QED) is 0.760. The number of aliphatic hydroxyl groups excluding tert-OH is 1. The zero-order valence-corrected chi connectivity index (χ0v) is 14.3. The Labute approximate surface area is 151 Å². The van der Waals surface area contributed by atoms with Crippen LogP contribution in [0.3, 0.4) is 0 Å². The van der Waals surface area contributed by atoms with Crippen LogP contribution >= 0.6 is 0 Å². The van der Waals surface area contributed by atoms with Crippen LogP contribution < -0.4 is 15.8 Å². The molecule has 1 saturated carbocycles. The van der Waals surface area contributed by atoms with E-state index in [-0.39, 0.29) is 23.7 Å². The number of hydrogen-bond acceptors (Lipinski definition) is 5. The molecule has 3 atom stereocenters. The van der Waals surface area contributed by atoms with Crippen molar-refractivity contribution in [3.05, 3.63) is 54.0 Å². The molecule has 1 aliphatic rings. The monoisotopic (exact) mass is 359 g/mol. The molecule has 1 amide bonds. The Morgan fingerprint density at radius 3 is 2.73 bits per heavy atom. The molecule has 26 heavy (non-hydrogen) atoms. The number of carbonyl (C=O) groups excluding carboxylic acids is 1. The fourth-order valence-corrected chi connectivity index (χ4v) is 3.13. The Hall–Kier alpha value is -2.67. The third-order valence-corrected chi connectivity index (χ3v) is 4.60. The Bertz CT molecular complexity index is 737. The predicted molar refractivity (Wildman–Crippen MR) is 95.1 cm³/mol. The minimum absolute atomic E-state index is 0.111. The van der Waals surface area contributed by atoms with Crippen molar-refractivity contribution in [3.8, 4) is 5.75 Å². The Balaban J connectivity index is 1.55. The molecule has 0 bridgehead atoms. The third-order valence-electron chi connectivity index (χ3n) is 4.60. The maximum Gasteiger partial charge on any atom is 0.252 e. The van der Waals surface area contributed by atoms with Crippen molar-refractivity contribution in [1.29, 1.82) is 0 Å². The number of aliphatic hydroxyl groups is 1. The molecule has 6 nitrogen and oxygen atoms in total. The van der Waals surface area contributed by atoms with Gasteiger partial charge in [0.15, 0.2) is 0 Å². The largest absolute Gasteiger partial charge is 0.488 e. The van der Waals surface area contributed by atoms with Gasteiger partial charge in [-0.05, 0) is 55.7 Å². The van der Waals surface area contributed by atoms with Gasteiger partial charge in [-0.3, -0.25) is 4.79 Å². The molecule has 0 unspecified atom stereocenters. The average molecular weight is 359 g/mol. The number of nitrogens with two attached hydrogens (primary N) is 1. The number of hydrogen-bond donors (Lipinski definition) is 3. The van der Waals surface area contributed by atoms with Crippen LogP contribution in [-0.2, 0) is 0 Å². The first-order valence-corrected chi connectivity index (χ1v) is 8.63. The van der Waals surface area contributed by atoms with Crippen molar-refractivity contribution in [2.24, 2.45) is 5.92 Å². The van der Waals surface area contributed by atoms with E-state index in [2.05, 4.69) is 10.3 Å². The van der Waals surface area contributed by atoms with E-state index < -0.39 is 6.10 Å². The Morgan fingerprint density at radius 1 is 1.27 bits per heavy atom. The van der Waals surface area contributed by atoms with Gasteiger partial charge in [0.1, 0.15) is 23.5 Å². The molecule has 1 fully saturated rings. The highest BCUT2D eigenvalue weighted by Crippen LogP contribution is 2.28. The van der Waals surface area contributed by atoms with Gasteiger partial charge < -0.3 is 20.9 Å². The van der Waals surface area contributed by atoms with Gasteiger partial charge in [-0.25, -0.2) is 9.37 Å². The molecule has 4 N–H and O–H groups in total.